The third-order valence-electron chi connectivity index (χ3n) is 4.30. The molecule has 1 aliphatic carbocycles. The van der Waals surface area contributed by atoms with Gasteiger partial charge in [-0.25, -0.2) is 0 Å². The number of rotatable bonds is 5. The molecule has 0 radical (unpaired) electrons. The lowest BCUT2D eigenvalue weighted by Gasteiger charge is -2.32. The van der Waals surface area contributed by atoms with Crippen molar-refractivity contribution in [2.24, 2.45) is 5.92 Å². The van der Waals surface area contributed by atoms with Crippen LogP contribution in [0.1, 0.15) is 62.9 Å². The first-order valence-electron chi connectivity index (χ1n) is 7.59. The molecule has 0 amide bonds. The van der Waals surface area contributed by atoms with E-state index in [4.69, 9.17) is 0 Å². The summed E-state index contributed by atoms with van der Waals surface area (Å²) < 4.78 is 38.9. The van der Waals surface area contributed by atoms with E-state index in [9.17, 15) is 13.2 Å². The molecule has 2 nitrogen and oxygen atoms in total. The van der Waals surface area contributed by atoms with Gasteiger partial charge in [-0.05, 0) is 43.7 Å². The molecule has 1 saturated carbocycles. The second-order valence-electron chi connectivity index (χ2n) is 6.25. The Kier molecular flexibility index (Phi) is 4.91. The fourth-order valence-corrected chi connectivity index (χ4v) is 2.67. The SMILES string of the molecule is CC(C)c1nc(CNC(C)C2CCC2)ccc1C(F)(F)F. The number of aromatic nitrogens is 1. The summed E-state index contributed by atoms with van der Waals surface area (Å²) in [6, 6.07) is 3.04. The van der Waals surface area contributed by atoms with E-state index in [2.05, 4.69) is 17.2 Å². The topological polar surface area (TPSA) is 24.9 Å². The largest absolute Gasteiger partial charge is 0.418 e. The summed E-state index contributed by atoms with van der Waals surface area (Å²) in [5.41, 5.74) is 0.198. The van der Waals surface area contributed by atoms with Crippen molar-refractivity contribution in [2.75, 3.05) is 0 Å². The van der Waals surface area contributed by atoms with Crippen molar-refractivity contribution in [1.82, 2.24) is 10.3 Å². The minimum atomic E-state index is -4.34. The first-order chi connectivity index (χ1) is 9.79. The maximum absolute atomic E-state index is 13.0. The summed E-state index contributed by atoms with van der Waals surface area (Å²) >= 11 is 0. The zero-order valence-corrected chi connectivity index (χ0v) is 12.8. The maximum Gasteiger partial charge on any atom is 0.418 e. The van der Waals surface area contributed by atoms with Crippen LogP contribution in [0.2, 0.25) is 0 Å². The van der Waals surface area contributed by atoms with E-state index in [-0.39, 0.29) is 11.6 Å². The van der Waals surface area contributed by atoms with Gasteiger partial charge in [0, 0.05) is 12.6 Å². The number of alkyl halides is 3. The van der Waals surface area contributed by atoms with Gasteiger partial charge >= 0.3 is 6.18 Å². The lowest BCUT2D eigenvalue weighted by Crippen LogP contribution is -2.36. The number of hydrogen-bond acceptors (Lipinski definition) is 2. The Hall–Kier alpha value is -1.10. The normalized spacial score (nSPS) is 17.9. The molecule has 0 saturated heterocycles. The van der Waals surface area contributed by atoms with Gasteiger partial charge < -0.3 is 5.32 Å². The molecule has 2 rings (SSSR count). The van der Waals surface area contributed by atoms with Crippen LogP contribution < -0.4 is 5.32 Å². The molecule has 0 bridgehead atoms. The van der Waals surface area contributed by atoms with Crippen molar-refractivity contribution in [3.8, 4) is 0 Å². The van der Waals surface area contributed by atoms with Gasteiger partial charge in [0.15, 0.2) is 0 Å². The molecule has 0 aromatic carbocycles. The van der Waals surface area contributed by atoms with Crippen LogP contribution >= 0.6 is 0 Å². The number of nitrogens with zero attached hydrogens (tertiary/aromatic N) is 1. The van der Waals surface area contributed by atoms with Crippen molar-refractivity contribution < 1.29 is 13.2 Å². The van der Waals surface area contributed by atoms with Crippen molar-refractivity contribution in [1.29, 1.82) is 0 Å². The minimum absolute atomic E-state index is 0.137. The van der Waals surface area contributed by atoms with Crippen LogP contribution in [0.5, 0.6) is 0 Å². The van der Waals surface area contributed by atoms with Crippen LogP contribution in [0.25, 0.3) is 0 Å². The van der Waals surface area contributed by atoms with Crippen molar-refractivity contribution >= 4 is 0 Å². The highest BCUT2D eigenvalue weighted by Gasteiger charge is 2.35. The van der Waals surface area contributed by atoms with Crippen molar-refractivity contribution in [3.05, 3.63) is 29.1 Å². The third kappa shape index (κ3) is 3.96. The molecular weight excluding hydrogens is 277 g/mol. The minimum Gasteiger partial charge on any atom is -0.308 e. The van der Waals surface area contributed by atoms with Crippen molar-refractivity contribution in [2.45, 2.75) is 64.7 Å². The van der Waals surface area contributed by atoms with E-state index in [0.717, 1.165) is 6.07 Å². The van der Waals surface area contributed by atoms with Crippen LogP contribution in [0.4, 0.5) is 13.2 Å². The van der Waals surface area contributed by atoms with Gasteiger partial charge in [-0.1, -0.05) is 20.3 Å². The summed E-state index contributed by atoms with van der Waals surface area (Å²) in [4.78, 5) is 4.23. The van der Waals surface area contributed by atoms with Crippen LogP contribution in [0.3, 0.4) is 0 Å². The molecule has 1 heterocycles. The van der Waals surface area contributed by atoms with E-state index in [1.807, 2.05) is 0 Å². The zero-order valence-electron chi connectivity index (χ0n) is 12.8. The van der Waals surface area contributed by atoms with Gasteiger partial charge in [-0.2, -0.15) is 13.2 Å². The monoisotopic (exact) mass is 300 g/mol. The summed E-state index contributed by atoms with van der Waals surface area (Å²) in [6.45, 7) is 6.14. The lowest BCUT2D eigenvalue weighted by molar-refractivity contribution is -0.138. The molecule has 5 heteroatoms. The Morgan fingerprint density at radius 3 is 2.38 bits per heavy atom. The number of pyridine rings is 1. The molecule has 0 spiro atoms. The smallest absolute Gasteiger partial charge is 0.308 e. The van der Waals surface area contributed by atoms with Crippen LogP contribution in [0.15, 0.2) is 12.1 Å². The Balaban J connectivity index is 2.08. The van der Waals surface area contributed by atoms with E-state index in [1.165, 1.54) is 25.3 Å². The highest BCUT2D eigenvalue weighted by Crippen LogP contribution is 2.34. The highest BCUT2D eigenvalue weighted by atomic mass is 19.4. The molecule has 1 atom stereocenters. The summed E-state index contributed by atoms with van der Waals surface area (Å²) in [6.07, 6.45) is -0.567. The molecule has 118 valence electrons. The van der Waals surface area contributed by atoms with Gasteiger partial charge in [0.05, 0.1) is 17.0 Å². The Morgan fingerprint density at radius 2 is 1.90 bits per heavy atom. The first kappa shape index (κ1) is 16.3. The predicted octanol–water partition coefficient (Wildman–Crippen LogP) is 4.50. The summed E-state index contributed by atoms with van der Waals surface area (Å²) in [5, 5.41) is 3.38. The fourth-order valence-electron chi connectivity index (χ4n) is 2.67. The molecule has 1 unspecified atom stereocenters. The molecule has 1 N–H and O–H groups in total. The molecule has 21 heavy (non-hydrogen) atoms. The molecule has 1 aromatic heterocycles. The number of halogens is 3. The van der Waals surface area contributed by atoms with E-state index >= 15 is 0 Å². The Bertz CT molecular complexity index is 479. The molecular formula is C16H23F3N2. The number of hydrogen-bond donors (Lipinski definition) is 1. The second kappa shape index (κ2) is 6.34. The standard InChI is InChI=1S/C16H23F3N2/c1-10(2)15-14(16(17,18)19)8-7-13(21-15)9-20-11(3)12-5-4-6-12/h7-8,10-12,20H,4-6,9H2,1-3H3. The first-order valence-corrected chi connectivity index (χ1v) is 7.59. The van der Waals surface area contributed by atoms with E-state index < -0.39 is 11.7 Å². The molecule has 1 aliphatic rings. The van der Waals surface area contributed by atoms with Crippen molar-refractivity contribution in [3.63, 3.8) is 0 Å². The predicted molar refractivity (Wildman–Crippen MR) is 77.0 cm³/mol. The second-order valence-corrected chi connectivity index (χ2v) is 6.25. The average molecular weight is 300 g/mol. The van der Waals surface area contributed by atoms with Gasteiger partial charge in [0.1, 0.15) is 0 Å². The average Bonchev–Trinajstić information content (AvgIpc) is 2.32. The quantitative estimate of drug-likeness (QED) is 0.866. The Morgan fingerprint density at radius 1 is 1.24 bits per heavy atom. The summed E-state index contributed by atoms with van der Waals surface area (Å²) in [5.74, 6) is 0.453. The molecule has 0 aliphatic heterocycles. The van der Waals surface area contributed by atoms with Crippen LogP contribution in [-0.2, 0) is 12.7 Å². The Labute approximate surface area is 124 Å². The van der Waals surface area contributed by atoms with E-state index in [0.29, 0.717) is 24.2 Å². The fraction of sp³-hybridized carbons (Fsp3) is 0.688. The number of nitrogens with one attached hydrogen (secondary N) is 1. The molecule has 1 fully saturated rings. The zero-order chi connectivity index (χ0) is 15.6. The van der Waals surface area contributed by atoms with Gasteiger partial charge in [0.2, 0.25) is 0 Å². The highest BCUT2D eigenvalue weighted by molar-refractivity contribution is 5.28. The van der Waals surface area contributed by atoms with Gasteiger partial charge in [-0.15, -0.1) is 0 Å². The summed E-state index contributed by atoms with van der Waals surface area (Å²) in [7, 11) is 0. The van der Waals surface area contributed by atoms with Crippen LogP contribution in [0, 0.1) is 5.92 Å². The van der Waals surface area contributed by atoms with Gasteiger partial charge in [-0.3, -0.25) is 4.98 Å². The van der Waals surface area contributed by atoms with E-state index in [1.54, 1.807) is 13.8 Å². The van der Waals surface area contributed by atoms with Crippen LogP contribution in [-0.4, -0.2) is 11.0 Å². The maximum atomic E-state index is 13.0. The third-order valence-corrected chi connectivity index (χ3v) is 4.30. The van der Waals surface area contributed by atoms with Gasteiger partial charge in [0.25, 0.3) is 0 Å². The molecule has 1 aromatic rings. The lowest BCUT2D eigenvalue weighted by atomic mass is 9.80.